The zero-order valence-electron chi connectivity index (χ0n) is 15.4. The van der Waals surface area contributed by atoms with Gasteiger partial charge in [0.1, 0.15) is 6.04 Å². The molecule has 1 N–H and O–H groups in total. The van der Waals surface area contributed by atoms with Gasteiger partial charge in [-0.3, -0.25) is 9.59 Å². The molecule has 24 heavy (non-hydrogen) atoms. The van der Waals surface area contributed by atoms with Gasteiger partial charge in [-0.15, -0.1) is 0 Å². The zero-order valence-corrected chi connectivity index (χ0v) is 15.4. The van der Waals surface area contributed by atoms with Gasteiger partial charge in [0, 0.05) is 12.6 Å². The molecule has 2 aliphatic rings. The molecule has 1 spiro atoms. The minimum Gasteiger partial charge on any atom is -0.357 e. The first-order chi connectivity index (χ1) is 11.3. The van der Waals surface area contributed by atoms with Crippen LogP contribution in [-0.4, -0.2) is 29.8 Å². The van der Waals surface area contributed by atoms with Gasteiger partial charge in [-0.25, -0.2) is 0 Å². The average molecular weight is 328 g/mol. The highest BCUT2D eigenvalue weighted by Gasteiger charge is 2.60. The Morgan fingerprint density at radius 1 is 1.33 bits per heavy atom. The van der Waals surface area contributed by atoms with Crippen molar-refractivity contribution in [3.63, 3.8) is 0 Å². The Morgan fingerprint density at radius 2 is 2.00 bits per heavy atom. The summed E-state index contributed by atoms with van der Waals surface area (Å²) in [6, 6.07) is 5.85. The van der Waals surface area contributed by atoms with Crippen LogP contribution in [0.25, 0.3) is 0 Å². The van der Waals surface area contributed by atoms with Crippen molar-refractivity contribution < 1.29 is 9.59 Å². The molecule has 0 bridgehead atoms. The molecule has 4 heteroatoms. The number of amides is 2. The number of rotatable bonds is 4. The maximum atomic E-state index is 13.1. The fraction of sp³-hybridized carbons (Fsp3) is 0.600. The van der Waals surface area contributed by atoms with Crippen LogP contribution in [0.1, 0.15) is 74.9 Å². The Morgan fingerprint density at radius 3 is 2.50 bits per heavy atom. The van der Waals surface area contributed by atoms with Crippen molar-refractivity contribution in [2.45, 2.75) is 70.4 Å². The highest BCUT2D eigenvalue weighted by Crippen LogP contribution is 2.58. The molecular formula is C20H28N2O2. The fourth-order valence-corrected chi connectivity index (χ4v) is 3.92. The van der Waals surface area contributed by atoms with Crippen LogP contribution in [0.4, 0.5) is 0 Å². The normalized spacial score (nSPS) is 19.4. The van der Waals surface area contributed by atoms with Crippen molar-refractivity contribution in [3.05, 3.63) is 34.9 Å². The predicted octanol–water partition coefficient (Wildman–Crippen LogP) is 3.34. The van der Waals surface area contributed by atoms with Crippen LogP contribution in [0.15, 0.2) is 18.2 Å². The van der Waals surface area contributed by atoms with E-state index in [9.17, 15) is 9.59 Å². The lowest BCUT2D eigenvalue weighted by Gasteiger charge is -2.33. The molecule has 1 saturated carbocycles. The van der Waals surface area contributed by atoms with Gasteiger partial charge in [0.25, 0.3) is 5.91 Å². The van der Waals surface area contributed by atoms with Crippen molar-refractivity contribution in [1.82, 2.24) is 10.2 Å². The van der Waals surface area contributed by atoms with Gasteiger partial charge in [0.15, 0.2) is 0 Å². The van der Waals surface area contributed by atoms with E-state index in [-0.39, 0.29) is 28.8 Å². The van der Waals surface area contributed by atoms with E-state index in [0.29, 0.717) is 6.42 Å². The first-order valence-electron chi connectivity index (χ1n) is 8.96. The summed E-state index contributed by atoms with van der Waals surface area (Å²) in [4.78, 5) is 27.4. The van der Waals surface area contributed by atoms with Gasteiger partial charge >= 0.3 is 0 Å². The van der Waals surface area contributed by atoms with E-state index in [2.05, 4.69) is 45.1 Å². The summed E-state index contributed by atoms with van der Waals surface area (Å²) < 4.78 is 0. The fourth-order valence-electron chi connectivity index (χ4n) is 3.92. The van der Waals surface area contributed by atoms with Crippen LogP contribution in [0, 0.1) is 0 Å². The molecule has 1 atom stereocenters. The molecule has 1 fully saturated rings. The number of nitrogens with one attached hydrogen (secondary N) is 1. The summed E-state index contributed by atoms with van der Waals surface area (Å²) in [7, 11) is 1.65. The Kier molecular flexibility index (Phi) is 3.97. The van der Waals surface area contributed by atoms with E-state index >= 15 is 0 Å². The minimum atomic E-state index is -0.375. The Bertz CT molecular complexity index is 683. The molecule has 1 aliphatic carbocycles. The number of benzene rings is 1. The first-order valence-corrected chi connectivity index (χ1v) is 8.96. The summed E-state index contributed by atoms with van der Waals surface area (Å²) in [5.41, 5.74) is 2.95. The van der Waals surface area contributed by atoms with Crippen molar-refractivity contribution >= 4 is 11.8 Å². The number of fused-ring (bicyclic) bond motifs is 2. The lowest BCUT2D eigenvalue weighted by atomic mass is 9.84. The SMILES string of the molecule is CCCC(C(=O)NC)N1C(=O)c2ccc(C(C)(C)C)cc2C12CC2. The topological polar surface area (TPSA) is 49.4 Å². The van der Waals surface area contributed by atoms with E-state index in [1.54, 1.807) is 7.05 Å². The molecule has 0 aromatic heterocycles. The molecule has 1 unspecified atom stereocenters. The van der Waals surface area contributed by atoms with E-state index in [4.69, 9.17) is 0 Å². The highest BCUT2D eigenvalue weighted by atomic mass is 16.2. The second kappa shape index (κ2) is 5.61. The van der Waals surface area contributed by atoms with E-state index in [1.807, 2.05) is 11.0 Å². The van der Waals surface area contributed by atoms with Crippen molar-refractivity contribution in [2.75, 3.05) is 7.05 Å². The molecule has 1 aliphatic heterocycles. The molecule has 2 amide bonds. The van der Waals surface area contributed by atoms with Crippen LogP contribution in [0.2, 0.25) is 0 Å². The summed E-state index contributed by atoms with van der Waals surface area (Å²) in [6.45, 7) is 8.62. The second-order valence-electron chi connectivity index (χ2n) is 8.14. The van der Waals surface area contributed by atoms with E-state index in [0.717, 1.165) is 30.4 Å². The molecule has 0 saturated heterocycles. The zero-order chi connectivity index (χ0) is 17.7. The third-order valence-electron chi connectivity index (χ3n) is 5.44. The van der Waals surface area contributed by atoms with E-state index < -0.39 is 0 Å². The molecular weight excluding hydrogens is 300 g/mol. The van der Waals surface area contributed by atoms with E-state index in [1.165, 1.54) is 5.56 Å². The molecule has 4 nitrogen and oxygen atoms in total. The molecule has 1 heterocycles. The van der Waals surface area contributed by atoms with Gasteiger partial charge < -0.3 is 10.2 Å². The smallest absolute Gasteiger partial charge is 0.255 e. The van der Waals surface area contributed by atoms with Crippen LogP contribution in [0.5, 0.6) is 0 Å². The molecule has 3 rings (SSSR count). The minimum absolute atomic E-state index is 0.0185. The van der Waals surface area contributed by atoms with Crippen molar-refractivity contribution in [1.29, 1.82) is 0 Å². The standard InChI is InChI=1S/C20H28N2O2/c1-6-7-16(17(23)21-5)22-18(24)14-9-8-13(19(2,3)4)12-15(14)20(22)10-11-20/h8-9,12,16H,6-7,10-11H2,1-5H3,(H,21,23). The summed E-state index contributed by atoms with van der Waals surface area (Å²) in [6.07, 6.45) is 3.49. The summed E-state index contributed by atoms with van der Waals surface area (Å²) >= 11 is 0. The number of likely N-dealkylation sites (N-methyl/N-ethyl adjacent to an activating group) is 1. The second-order valence-corrected chi connectivity index (χ2v) is 8.14. The monoisotopic (exact) mass is 328 g/mol. The highest BCUT2D eigenvalue weighted by molar-refractivity contribution is 6.03. The lowest BCUT2D eigenvalue weighted by Crippen LogP contribution is -2.50. The quantitative estimate of drug-likeness (QED) is 0.921. The molecule has 0 radical (unpaired) electrons. The van der Waals surface area contributed by atoms with Crippen LogP contribution in [-0.2, 0) is 15.7 Å². The molecule has 130 valence electrons. The molecule has 1 aromatic rings. The third kappa shape index (κ3) is 2.43. The van der Waals surface area contributed by atoms with Gasteiger partial charge in [-0.2, -0.15) is 0 Å². The van der Waals surface area contributed by atoms with Gasteiger partial charge in [0.2, 0.25) is 5.91 Å². The van der Waals surface area contributed by atoms with Gasteiger partial charge in [0.05, 0.1) is 5.54 Å². The number of hydrogen-bond acceptors (Lipinski definition) is 2. The Labute approximate surface area is 144 Å². The Balaban J connectivity index is 2.06. The van der Waals surface area contributed by atoms with Gasteiger partial charge in [-0.1, -0.05) is 46.2 Å². The molecule has 1 aromatic carbocycles. The van der Waals surface area contributed by atoms with Crippen LogP contribution >= 0.6 is 0 Å². The van der Waals surface area contributed by atoms with Crippen molar-refractivity contribution in [3.8, 4) is 0 Å². The third-order valence-corrected chi connectivity index (χ3v) is 5.44. The predicted molar refractivity (Wildman–Crippen MR) is 95.0 cm³/mol. The number of carbonyl (C=O) groups is 2. The number of hydrogen-bond donors (Lipinski definition) is 1. The first kappa shape index (κ1) is 17.0. The Hall–Kier alpha value is -1.84. The van der Waals surface area contributed by atoms with Gasteiger partial charge in [-0.05, 0) is 41.9 Å². The number of nitrogens with zero attached hydrogens (tertiary/aromatic N) is 1. The van der Waals surface area contributed by atoms with Crippen molar-refractivity contribution in [2.24, 2.45) is 0 Å². The summed E-state index contributed by atoms with van der Waals surface area (Å²) in [5, 5.41) is 2.74. The number of carbonyl (C=O) groups excluding carboxylic acids is 2. The largest absolute Gasteiger partial charge is 0.357 e. The maximum Gasteiger partial charge on any atom is 0.255 e. The lowest BCUT2D eigenvalue weighted by molar-refractivity contribution is -0.126. The average Bonchev–Trinajstić information content (AvgIpc) is 3.29. The van der Waals surface area contributed by atoms with Crippen LogP contribution in [0.3, 0.4) is 0 Å². The maximum absolute atomic E-state index is 13.1. The summed E-state index contributed by atoms with van der Waals surface area (Å²) in [5.74, 6) is -0.0367. The van der Waals surface area contributed by atoms with Crippen LogP contribution < -0.4 is 5.32 Å².